The second kappa shape index (κ2) is 8.19. The van der Waals surface area contributed by atoms with Crippen LogP contribution >= 0.6 is 0 Å². The molecule has 1 aromatic carbocycles. The van der Waals surface area contributed by atoms with E-state index in [4.69, 9.17) is 9.47 Å². The van der Waals surface area contributed by atoms with Crippen molar-refractivity contribution in [3.8, 4) is 11.5 Å². The molecule has 1 aromatic heterocycles. The zero-order chi connectivity index (χ0) is 20.3. The number of aliphatic imine (C=N–C) groups is 1. The number of hydrogen-bond acceptors (Lipinski definition) is 5. The summed E-state index contributed by atoms with van der Waals surface area (Å²) >= 11 is 0. The number of nitrogens with one attached hydrogen (secondary N) is 1. The maximum Gasteiger partial charge on any atom is 0.231 e. The van der Waals surface area contributed by atoms with E-state index in [0.29, 0.717) is 6.79 Å². The van der Waals surface area contributed by atoms with Crippen molar-refractivity contribution in [3.63, 3.8) is 0 Å². The number of fused-ring (bicyclic) bond motifs is 1. The van der Waals surface area contributed by atoms with E-state index in [2.05, 4.69) is 57.1 Å². The molecule has 2 aromatic rings. The average Bonchev–Trinajstić information content (AvgIpc) is 3.23. The summed E-state index contributed by atoms with van der Waals surface area (Å²) < 4.78 is 11.0. The fraction of sp³-hybridized carbons (Fsp3) is 0.455. The molecule has 0 atom stereocenters. The summed E-state index contributed by atoms with van der Waals surface area (Å²) in [6.07, 6.45) is 1.85. The maximum atomic E-state index is 5.54. The Morgan fingerprint density at radius 2 is 1.90 bits per heavy atom. The topological polar surface area (TPSA) is 62.2 Å². The highest BCUT2D eigenvalue weighted by Crippen LogP contribution is 2.36. The van der Waals surface area contributed by atoms with Crippen LogP contribution < -0.4 is 19.7 Å². The molecule has 0 aliphatic carbocycles. The minimum Gasteiger partial charge on any atom is -0.454 e. The van der Waals surface area contributed by atoms with Gasteiger partial charge in [-0.2, -0.15) is 0 Å². The first-order valence-electron chi connectivity index (χ1n) is 10.1. The SMILES string of the molecule is CN=C(NCC(C)(C)c1ccc2c(c1)OCO2)N1CCN(c2ccccn2)CC1. The summed E-state index contributed by atoms with van der Waals surface area (Å²) in [5, 5.41) is 3.57. The van der Waals surface area contributed by atoms with Gasteiger partial charge < -0.3 is 24.6 Å². The Morgan fingerprint density at radius 3 is 2.62 bits per heavy atom. The van der Waals surface area contributed by atoms with E-state index < -0.39 is 0 Å². The van der Waals surface area contributed by atoms with Gasteiger partial charge in [0.15, 0.2) is 17.5 Å². The lowest BCUT2D eigenvalue weighted by molar-refractivity contribution is 0.174. The summed E-state index contributed by atoms with van der Waals surface area (Å²) in [5.74, 6) is 3.63. The number of pyridine rings is 1. The molecule has 2 aliphatic heterocycles. The fourth-order valence-corrected chi connectivity index (χ4v) is 3.74. The quantitative estimate of drug-likeness (QED) is 0.634. The molecule has 0 saturated carbocycles. The van der Waals surface area contributed by atoms with Crippen LogP contribution in [0.5, 0.6) is 11.5 Å². The van der Waals surface area contributed by atoms with E-state index in [0.717, 1.165) is 56.0 Å². The minimum atomic E-state index is -0.0767. The van der Waals surface area contributed by atoms with Gasteiger partial charge >= 0.3 is 0 Å². The van der Waals surface area contributed by atoms with Crippen LogP contribution in [0.4, 0.5) is 5.82 Å². The van der Waals surface area contributed by atoms with E-state index >= 15 is 0 Å². The highest BCUT2D eigenvalue weighted by Gasteiger charge is 2.26. The number of benzene rings is 1. The van der Waals surface area contributed by atoms with Gasteiger partial charge in [0.25, 0.3) is 0 Å². The standard InChI is InChI=1S/C22H29N5O2/c1-22(2,17-7-8-18-19(14-17)29-16-28-18)15-25-21(23-3)27-12-10-26(11-13-27)20-6-4-5-9-24-20/h4-9,14H,10-13,15-16H2,1-3H3,(H,23,25). The van der Waals surface area contributed by atoms with Crippen molar-refractivity contribution < 1.29 is 9.47 Å². The fourth-order valence-electron chi connectivity index (χ4n) is 3.74. The highest BCUT2D eigenvalue weighted by atomic mass is 16.7. The normalized spacial score (nSPS) is 16.9. The first-order chi connectivity index (χ1) is 14.1. The van der Waals surface area contributed by atoms with Crippen LogP contribution in [-0.2, 0) is 5.41 Å². The third-order valence-electron chi connectivity index (χ3n) is 5.61. The van der Waals surface area contributed by atoms with Crippen molar-refractivity contribution >= 4 is 11.8 Å². The third-order valence-corrected chi connectivity index (χ3v) is 5.61. The molecule has 0 unspecified atom stereocenters. The first-order valence-corrected chi connectivity index (χ1v) is 10.1. The number of anilines is 1. The number of piperazine rings is 1. The summed E-state index contributed by atoms with van der Waals surface area (Å²) in [7, 11) is 1.85. The molecule has 1 N–H and O–H groups in total. The second-order valence-electron chi connectivity index (χ2n) is 8.01. The number of guanidine groups is 1. The van der Waals surface area contributed by atoms with Gasteiger partial charge in [-0.05, 0) is 29.8 Å². The van der Waals surface area contributed by atoms with Crippen LogP contribution in [0.25, 0.3) is 0 Å². The van der Waals surface area contributed by atoms with Gasteiger partial charge in [-0.3, -0.25) is 4.99 Å². The van der Waals surface area contributed by atoms with Crippen molar-refractivity contribution in [2.75, 3.05) is 51.5 Å². The highest BCUT2D eigenvalue weighted by molar-refractivity contribution is 5.80. The predicted molar refractivity (Wildman–Crippen MR) is 115 cm³/mol. The second-order valence-corrected chi connectivity index (χ2v) is 8.01. The summed E-state index contributed by atoms with van der Waals surface area (Å²) in [6, 6.07) is 12.2. The molecule has 1 saturated heterocycles. The molecular weight excluding hydrogens is 366 g/mol. The lowest BCUT2D eigenvalue weighted by atomic mass is 9.84. The van der Waals surface area contributed by atoms with Gasteiger partial charge in [-0.25, -0.2) is 4.98 Å². The number of aromatic nitrogens is 1. The Kier molecular flexibility index (Phi) is 5.47. The largest absolute Gasteiger partial charge is 0.454 e. The molecule has 0 bridgehead atoms. The number of nitrogens with zero attached hydrogens (tertiary/aromatic N) is 4. The molecule has 0 spiro atoms. The van der Waals surface area contributed by atoms with Crippen molar-refractivity contribution in [1.82, 2.24) is 15.2 Å². The van der Waals surface area contributed by atoms with Crippen LogP contribution in [0, 0.1) is 0 Å². The Morgan fingerprint density at radius 1 is 1.10 bits per heavy atom. The van der Waals surface area contributed by atoms with E-state index in [1.54, 1.807) is 0 Å². The van der Waals surface area contributed by atoms with E-state index in [-0.39, 0.29) is 5.41 Å². The molecule has 1 fully saturated rings. The summed E-state index contributed by atoms with van der Waals surface area (Å²) in [4.78, 5) is 13.6. The Balaban J connectivity index is 1.35. The zero-order valence-electron chi connectivity index (χ0n) is 17.4. The number of ether oxygens (including phenoxy) is 2. The number of rotatable bonds is 4. The molecule has 154 valence electrons. The lowest BCUT2D eigenvalue weighted by Crippen LogP contribution is -2.54. The van der Waals surface area contributed by atoms with Crippen molar-refractivity contribution in [2.45, 2.75) is 19.3 Å². The zero-order valence-corrected chi connectivity index (χ0v) is 17.4. The Labute approximate surface area is 172 Å². The average molecular weight is 396 g/mol. The number of hydrogen-bond donors (Lipinski definition) is 1. The summed E-state index contributed by atoms with van der Waals surface area (Å²) in [5.41, 5.74) is 1.14. The van der Waals surface area contributed by atoms with Crippen LogP contribution in [-0.4, -0.2) is 62.4 Å². The van der Waals surface area contributed by atoms with Crippen molar-refractivity contribution in [1.29, 1.82) is 0 Å². The van der Waals surface area contributed by atoms with Gasteiger partial charge in [0, 0.05) is 51.4 Å². The first kappa shape index (κ1) is 19.4. The maximum absolute atomic E-state index is 5.54. The van der Waals surface area contributed by atoms with Crippen LogP contribution in [0.1, 0.15) is 19.4 Å². The van der Waals surface area contributed by atoms with E-state index in [1.807, 2.05) is 31.4 Å². The molecule has 2 aliphatic rings. The molecule has 3 heterocycles. The van der Waals surface area contributed by atoms with Crippen LogP contribution in [0.15, 0.2) is 47.6 Å². The molecular formula is C22H29N5O2. The van der Waals surface area contributed by atoms with Crippen molar-refractivity contribution in [3.05, 3.63) is 48.2 Å². The lowest BCUT2D eigenvalue weighted by Gasteiger charge is -2.38. The van der Waals surface area contributed by atoms with E-state index in [9.17, 15) is 0 Å². The van der Waals surface area contributed by atoms with Crippen molar-refractivity contribution in [2.24, 2.45) is 4.99 Å². The van der Waals surface area contributed by atoms with Gasteiger partial charge in [0.1, 0.15) is 5.82 Å². The third kappa shape index (κ3) is 4.23. The smallest absolute Gasteiger partial charge is 0.231 e. The van der Waals surface area contributed by atoms with Gasteiger partial charge in [0.05, 0.1) is 0 Å². The molecule has 29 heavy (non-hydrogen) atoms. The molecule has 4 rings (SSSR count). The molecule has 0 amide bonds. The minimum absolute atomic E-state index is 0.0767. The van der Waals surface area contributed by atoms with Gasteiger partial charge in [-0.1, -0.05) is 26.0 Å². The molecule has 7 heteroatoms. The predicted octanol–water partition coefficient (Wildman–Crippen LogP) is 2.49. The van der Waals surface area contributed by atoms with Crippen LogP contribution in [0.2, 0.25) is 0 Å². The van der Waals surface area contributed by atoms with E-state index in [1.165, 1.54) is 5.56 Å². The monoisotopic (exact) mass is 395 g/mol. The molecule has 0 radical (unpaired) electrons. The molecule has 7 nitrogen and oxygen atoms in total. The summed E-state index contributed by atoms with van der Waals surface area (Å²) in [6.45, 7) is 9.23. The van der Waals surface area contributed by atoms with Gasteiger partial charge in [-0.15, -0.1) is 0 Å². The Hall–Kier alpha value is -2.96. The Bertz CT molecular complexity index is 861. The van der Waals surface area contributed by atoms with Gasteiger partial charge in [0.2, 0.25) is 6.79 Å². The van der Waals surface area contributed by atoms with Crippen LogP contribution in [0.3, 0.4) is 0 Å².